The average Bonchev–Trinajstić information content (AvgIpc) is 2.46. The molecule has 1 amide bonds. The summed E-state index contributed by atoms with van der Waals surface area (Å²) in [6.07, 6.45) is 1.10. The summed E-state index contributed by atoms with van der Waals surface area (Å²) in [5.41, 5.74) is 3.14. The van der Waals surface area contributed by atoms with Gasteiger partial charge in [0, 0.05) is 22.1 Å². The number of halogens is 3. The van der Waals surface area contributed by atoms with E-state index in [4.69, 9.17) is 0 Å². The molecular formula is C16H12Br2FNO. The third kappa shape index (κ3) is 3.04. The lowest BCUT2D eigenvalue weighted by Gasteiger charge is -2.20. The summed E-state index contributed by atoms with van der Waals surface area (Å²) < 4.78 is 15.3. The third-order valence-corrected chi connectivity index (χ3v) is 5.10. The molecule has 0 aromatic heterocycles. The Bertz CT molecular complexity index is 700. The van der Waals surface area contributed by atoms with Gasteiger partial charge in [-0.3, -0.25) is 4.79 Å². The van der Waals surface area contributed by atoms with Crippen molar-refractivity contribution >= 4 is 43.5 Å². The molecule has 1 aliphatic rings. The van der Waals surface area contributed by atoms with E-state index in [0.717, 1.165) is 15.6 Å². The van der Waals surface area contributed by atoms with Crippen LogP contribution in [0.3, 0.4) is 0 Å². The summed E-state index contributed by atoms with van der Waals surface area (Å²) in [6.45, 7) is 0. The van der Waals surface area contributed by atoms with E-state index in [-0.39, 0.29) is 16.6 Å². The van der Waals surface area contributed by atoms with Crippen LogP contribution in [0.2, 0.25) is 0 Å². The number of hydrogen-bond donors (Lipinski definition) is 1. The molecule has 2 aromatic rings. The highest BCUT2D eigenvalue weighted by Crippen LogP contribution is 2.36. The van der Waals surface area contributed by atoms with Gasteiger partial charge in [-0.15, -0.1) is 0 Å². The van der Waals surface area contributed by atoms with Gasteiger partial charge in [0.05, 0.1) is 4.83 Å². The SMILES string of the molecule is O=C1CCc2cc(C(Br)c3ccc(Br)cc3)c(F)cc2N1. The Kier molecular flexibility index (Phi) is 4.13. The third-order valence-electron chi connectivity index (χ3n) is 3.55. The fourth-order valence-corrected chi connectivity index (χ4v) is 3.35. The van der Waals surface area contributed by atoms with E-state index in [2.05, 4.69) is 37.2 Å². The number of hydrogen-bond acceptors (Lipinski definition) is 1. The van der Waals surface area contributed by atoms with Crippen LogP contribution in [-0.4, -0.2) is 5.91 Å². The number of carbonyl (C=O) groups is 1. The van der Waals surface area contributed by atoms with Crippen LogP contribution < -0.4 is 5.32 Å². The van der Waals surface area contributed by atoms with Crippen molar-refractivity contribution in [1.82, 2.24) is 0 Å². The predicted molar refractivity (Wildman–Crippen MR) is 88.3 cm³/mol. The molecule has 0 fully saturated rings. The van der Waals surface area contributed by atoms with Crippen molar-refractivity contribution in [2.75, 3.05) is 5.32 Å². The number of carbonyl (C=O) groups excluding carboxylic acids is 1. The zero-order chi connectivity index (χ0) is 15.0. The molecule has 0 aliphatic carbocycles. The molecule has 0 bridgehead atoms. The molecule has 1 atom stereocenters. The number of amides is 1. The van der Waals surface area contributed by atoms with Gasteiger partial charge >= 0.3 is 0 Å². The molecule has 3 rings (SSSR count). The molecule has 2 nitrogen and oxygen atoms in total. The summed E-state index contributed by atoms with van der Waals surface area (Å²) >= 11 is 6.96. The molecule has 1 N–H and O–H groups in total. The molecule has 0 saturated carbocycles. The van der Waals surface area contributed by atoms with E-state index < -0.39 is 0 Å². The van der Waals surface area contributed by atoms with Gasteiger partial charge < -0.3 is 5.32 Å². The molecule has 108 valence electrons. The summed E-state index contributed by atoms with van der Waals surface area (Å²) in [4.78, 5) is 11.1. The zero-order valence-electron chi connectivity index (χ0n) is 11.0. The van der Waals surface area contributed by atoms with Gasteiger partial charge in [0.1, 0.15) is 5.82 Å². The molecular weight excluding hydrogens is 401 g/mol. The molecule has 21 heavy (non-hydrogen) atoms. The maximum Gasteiger partial charge on any atom is 0.224 e. The van der Waals surface area contributed by atoms with Gasteiger partial charge in [0.2, 0.25) is 5.91 Å². The minimum atomic E-state index is -0.319. The molecule has 0 saturated heterocycles. The number of anilines is 1. The molecule has 5 heteroatoms. The molecule has 1 aliphatic heterocycles. The van der Waals surface area contributed by atoms with Crippen LogP contribution in [0.25, 0.3) is 0 Å². The maximum atomic E-state index is 14.3. The van der Waals surface area contributed by atoms with Gasteiger partial charge in [-0.2, -0.15) is 0 Å². The highest BCUT2D eigenvalue weighted by Gasteiger charge is 2.21. The number of nitrogens with one attached hydrogen (secondary N) is 1. The maximum absolute atomic E-state index is 14.3. The lowest BCUT2D eigenvalue weighted by Crippen LogP contribution is -2.19. The van der Waals surface area contributed by atoms with E-state index >= 15 is 0 Å². The van der Waals surface area contributed by atoms with Crippen molar-refractivity contribution < 1.29 is 9.18 Å². The van der Waals surface area contributed by atoms with Crippen LogP contribution in [-0.2, 0) is 11.2 Å². The average molecular weight is 413 g/mol. The van der Waals surface area contributed by atoms with Crippen LogP contribution in [0.1, 0.15) is 27.9 Å². The van der Waals surface area contributed by atoms with Gasteiger partial charge in [0.15, 0.2) is 0 Å². The Balaban J connectivity index is 1.98. The van der Waals surface area contributed by atoms with Crippen molar-refractivity contribution in [3.8, 4) is 0 Å². The fourth-order valence-electron chi connectivity index (χ4n) is 2.43. The first kappa shape index (κ1) is 14.7. The van der Waals surface area contributed by atoms with Crippen LogP contribution >= 0.6 is 31.9 Å². The Labute approximate surface area is 139 Å². The first-order chi connectivity index (χ1) is 10.0. The van der Waals surface area contributed by atoms with Crippen molar-refractivity contribution in [3.63, 3.8) is 0 Å². The van der Waals surface area contributed by atoms with Crippen LogP contribution in [0.4, 0.5) is 10.1 Å². The Morgan fingerprint density at radius 3 is 2.57 bits per heavy atom. The number of aryl methyl sites for hydroxylation is 1. The lowest BCUT2D eigenvalue weighted by molar-refractivity contribution is -0.116. The van der Waals surface area contributed by atoms with Gasteiger partial charge in [-0.1, -0.05) is 44.0 Å². The Morgan fingerprint density at radius 2 is 1.86 bits per heavy atom. The highest BCUT2D eigenvalue weighted by atomic mass is 79.9. The Morgan fingerprint density at radius 1 is 1.14 bits per heavy atom. The largest absolute Gasteiger partial charge is 0.326 e. The molecule has 2 aromatic carbocycles. The molecule has 1 unspecified atom stereocenters. The van der Waals surface area contributed by atoms with E-state index in [9.17, 15) is 9.18 Å². The summed E-state index contributed by atoms with van der Waals surface area (Å²) in [7, 11) is 0. The summed E-state index contributed by atoms with van der Waals surface area (Å²) in [5, 5.41) is 2.71. The monoisotopic (exact) mass is 411 g/mol. The number of fused-ring (bicyclic) bond motifs is 1. The van der Waals surface area contributed by atoms with Crippen molar-refractivity contribution in [2.45, 2.75) is 17.7 Å². The first-order valence-corrected chi connectivity index (χ1v) is 8.27. The standard InChI is InChI=1S/C16H12Br2FNO/c17-11-4-1-9(2-5-11)16(18)12-7-10-3-6-15(21)20-14(10)8-13(12)19/h1-2,4-5,7-8,16H,3,6H2,(H,20,21). The molecule has 0 radical (unpaired) electrons. The minimum absolute atomic E-state index is 0.0575. The summed E-state index contributed by atoms with van der Waals surface area (Å²) in [5.74, 6) is -0.376. The number of benzene rings is 2. The smallest absolute Gasteiger partial charge is 0.224 e. The van der Waals surface area contributed by atoms with E-state index in [1.165, 1.54) is 6.07 Å². The first-order valence-electron chi connectivity index (χ1n) is 6.56. The lowest BCUT2D eigenvalue weighted by atomic mass is 9.96. The predicted octanol–water partition coefficient (Wildman–Crippen LogP) is 4.96. The van der Waals surface area contributed by atoms with E-state index in [0.29, 0.717) is 24.1 Å². The summed E-state index contributed by atoms with van der Waals surface area (Å²) in [6, 6.07) is 11.0. The second-order valence-corrected chi connectivity index (χ2v) is 6.82. The van der Waals surface area contributed by atoms with Crippen molar-refractivity contribution in [1.29, 1.82) is 0 Å². The van der Waals surface area contributed by atoms with Crippen molar-refractivity contribution in [2.24, 2.45) is 0 Å². The van der Waals surface area contributed by atoms with Crippen LogP contribution in [0.5, 0.6) is 0 Å². The fraction of sp³-hybridized carbons (Fsp3) is 0.188. The van der Waals surface area contributed by atoms with Crippen LogP contribution in [0, 0.1) is 5.82 Å². The zero-order valence-corrected chi connectivity index (χ0v) is 14.2. The topological polar surface area (TPSA) is 29.1 Å². The molecule has 1 heterocycles. The molecule has 0 spiro atoms. The van der Waals surface area contributed by atoms with Crippen molar-refractivity contribution in [3.05, 3.63) is 63.4 Å². The van der Waals surface area contributed by atoms with Gasteiger partial charge in [-0.25, -0.2) is 4.39 Å². The van der Waals surface area contributed by atoms with Gasteiger partial charge in [0.25, 0.3) is 0 Å². The number of alkyl halides is 1. The van der Waals surface area contributed by atoms with Crippen LogP contribution in [0.15, 0.2) is 40.9 Å². The van der Waals surface area contributed by atoms with Gasteiger partial charge in [-0.05, 0) is 41.8 Å². The Hall–Kier alpha value is -1.20. The van der Waals surface area contributed by atoms with E-state index in [1.54, 1.807) is 0 Å². The van der Waals surface area contributed by atoms with E-state index in [1.807, 2.05) is 30.3 Å². The quantitative estimate of drug-likeness (QED) is 0.694. The highest BCUT2D eigenvalue weighted by molar-refractivity contribution is 9.10. The normalized spacial score (nSPS) is 15.3. The minimum Gasteiger partial charge on any atom is -0.326 e. The number of rotatable bonds is 2. The second-order valence-electron chi connectivity index (χ2n) is 4.99. The second kappa shape index (κ2) is 5.89.